The third-order valence-electron chi connectivity index (χ3n) is 2.09. The van der Waals surface area contributed by atoms with Crippen LogP contribution in [0.2, 0.25) is 0 Å². The number of hydrogen-bond donors (Lipinski definition) is 1. The van der Waals surface area contributed by atoms with E-state index in [1.54, 1.807) is 6.07 Å². The molecule has 0 heterocycles. The molecule has 0 aliphatic carbocycles. The molecule has 3 nitrogen and oxygen atoms in total. The van der Waals surface area contributed by atoms with Gasteiger partial charge in [0.15, 0.2) is 0 Å². The molecular weight excluding hydrogens is 207 g/mol. The SMILES string of the molecule is N#CCCC(=O)NCCc1cccc(F)c1. The van der Waals surface area contributed by atoms with Gasteiger partial charge < -0.3 is 5.32 Å². The molecule has 0 aromatic heterocycles. The number of nitrogens with zero attached hydrogens (tertiary/aromatic N) is 1. The van der Waals surface area contributed by atoms with Gasteiger partial charge in [-0.05, 0) is 24.1 Å². The minimum atomic E-state index is -0.270. The maximum Gasteiger partial charge on any atom is 0.221 e. The Morgan fingerprint density at radius 1 is 1.50 bits per heavy atom. The Bertz CT molecular complexity index is 398. The summed E-state index contributed by atoms with van der Waals surface area (Å²) in [5, 5.41) is 11.0. The fourth-order valence-corrected chi connectivity index (χ4v) is 1.30. The van der Waals surface area contributed by atoms with E-state index in [9.17, 15) is 9.18 Å². The number of nitriles is 1. The Labute approximate surface area is 93.9 Å². The molecule has 1 aromatic carbocycles. The van der Waals surface area contributed by atoms with Crippen molar-refractivity contribution in [3.8, 4) is 6.07 Å². The predicted octanol–water partition coefficient (Wildman–Crippen LogP) is 1.79. The fourth-order valence-electron chi connectivity index (χ4n) is 1.30. The lowest BCUT2D eigenvalue weighted by molar-refractivity contribution is -0.120. The first-order valence-corrected chi connectivity index (χ1v) is 5.10. The summed E-state index contributed by atoms with van der Waals surface area (Å²) in [5.41, 5.74) is 0.848. The normalized spacial score (nSPS) is 9.50. The standard InChI is InChI=1S/C12H13FN2O/c13-11-4-1-3-10(9-11)6-8-15-12(16)5-2-7-14/h1,3-4,9H,2,5-6,8H2,(H,15,16). The van der Waals surface area contributed by atoms with Crippen LogP contribution in [0, 0.1) is 17.1 Å². The average molecular weight is 220 g/mol. The van der Waals surface area contributed by atoms with Crippen LogP contribution in [-0.2, 0) is 11.2 Å². The van der Waals surface area contributed by atoms with Crippen molar-refractivity contribution in [2.45, 2.75) is 19.3 Å². The Morgan fingerprint density at radius 2 is 2.31 bits per heavy atom. The van der Waals surface area contributed by atoms with Crippen molar-refractivity contribution in [3.05, 3.63) is 35.6 Å². The van der Waals surface area contributed by atoms with Crippen LogP contribution in [0.25, 0.3) is 0 Å². The summed E-state index contributed by atoms with van der Waals surface area (Å²) >= 11 is 0. The van der Waals surface area contributed by atoms with E-state index in [4.69, 9.17) is 5.26 Å². The lowest BCUT2D eigenvalue weighted by atomic mass is 10.1. The van der Waals surface area contributed by atoms with Gasteiger partial charge in [-0.25, -0.2) is 4.39 Å². The molecule has 0 bridgehead atoms. The van der Waals surface area contributed by atoms with Crippen LogP contribution >= 0.6 is 0 Å². The van der Waals surface area contributed by atoms with Crippen molar-refractivity contribution in [2.24, 2.45) is 0 Å². The molecule has 1 aromatic rings. The van der Waals surface area contributed by atoms with Crippen molar-refractivity contribution in [1.82, 2.24) is 5.32 Å². The molecule has 1 N–H and O–H groups in total. The van der Waals surface area contributed by atoms with Gasteiger partial charge in [0.25, 0.3) is 0 Å². The Hall–Kier alpha value is -1.89. The minimum Gasteiger partial charge on any atom is -0.356 e. The number of halogens is 1. The molecule has 0 spiro atoms. The van der Waals surface area contributed by atoms with Gasteiger partial charge in [0, 0.05) is 19.4 Å². The summed E-state index contributed by atoms with van der Waals surface area (Å²) in [6.45, 7) is 0.466. The molecule has 0 fully saturated rings. The highest BCUT2D eigenvalue weighted by Crippen LogP contribution is 2.03. The summed E-state index contributed by atoms with van der Waals surface area (Å²) in [7, 11) is 0. The van der Waals surface area contributed by atoms with Crippen molar-refractivity contribution in [3.63, 3.8) is 0 Å². The second-order valence-corrected chi connectivity index (χ2v) is 3.39. The zero-order valence-electron chi connectivity index (χ0n) is 8.87. The van der Waals surface area contributed by atoms with Crippen LogP contribution in [0.4, 0.5) is 4.39 Å². The highest BCUT2D eigenvalue weighted by Gasteiger charge is 2.00. The monoisotopic (exact) mass is 220 g/mol. The second kappa shape index (κ2) is 6.57. The Morgan fingerprint density at radius 3 is 3.00 bits per heavy atom. The molecule has 1 rings (SSSR count). The van der Waals surface area contributed by atoms with Crippen LogP contribution in [0.5, 0.6) is 0 Å². The van der Waals surface area contributed by atoms with Crippen LogP contribution < -0.4 is 5.32 Å². The summed E-state index contributed by atoms with van der Waals surface area (Å²) < 4.78 is 12.8. The van der Waals surface area contributed by atoms with Crippen LogP contribution in [0.3, 0.4) is 0 Å². The molecular formula is C12H13FN2O. The maximum atomic E-state index is 12.8. The molecule has 0 saturated carbocycles. The van der Waals surface area contributed by atoms with E-state index < -0.39 is 0 Å². The maximum absolute atomic E-state index is 12.8. The average Bonchev–Trinajstić information content (AvgIpc) is 2.26. The van der Waals surface area contributed by atoms with Crippen molar-refractivity contribution >= 4 is 5.91 Å². The highest BCUT2D eigenvalue weighted by atomic mass is 19.1. The fraction of sp³-hybridized carbons (Fsp3) is 0.333. The predicted molar refractivity (Wildman–Crippen MR) is 58.0 cm³/mol. The largest absolute Gasteiger partial charge is 0.356 e. The summed E-state index contributed by atoms with van der Waals surface area (Å²) in [5.74, 6) is -0.411. The molecule has 84 valence electrons. The molecule has 1 amide bonds. The number of carbonyl (C=O) groups excluding carboxylic acids is 1. The lowest BCUT2D eigenvalue weighted by Gasteiger charge is -2.03. The van der Waals surface area contributed by atoms with Crippen LogP contribution in [0.1, 0.15) is 18.4 Å². The van der Waals surface area contributed by atoms with Gasteiger partial charge in [-0.1, -0.05) is 12.1 Å². The molecule has 0 saturated heterocycles. The Kier molecular flexibility index (Phi) is 5.00. The van der Waals surface area contributed by atoms with Gasteiger partial charge in [-0.2, -0.15) is 5.26 Å². The quantitative estimate of drug-likeness (QED) is 0.822. The summed E-state index contributed by atoms with van der Waals surface area (Å²) in [4.78, 5) is 11.1. The Balaban J connectivity index is 2.26. The first-order valence-electron chi connectivity index (χ1n) is 5.10. The number of nitrogens with one attached hydrogen (secondary N) is 1. The lowest BCUT2D eigenvalue weighted by Crippen LogP contribution is -2.25. The molecule has 4 heteroatoms. The number of hydrogen-bond acceptors (Lipinski definition) is 2. The van der Waals surface area contributed by atoms with E-state index in [1.165, 1.54) is 12.1 Å². The van der Waals surface area contributed by atoms with Gasteiger partial charge in [-0.3, -0.25) is 4.79 Å². The molecule has 0 aliphatic heterocycles. The van der Waals surface area contributed by atoms with E-state index in [1.807, 2.05) is 12.1 Å². The number of rotatable bonds is 5. The van der Waals surface area contributed by atoms with E-state index in [0.717, 1.165) is 5.56 Å². The first kappa shape index (κ1) is 12.2. The zero-order valence-corrected chi connectivity index (χ0v) is 8.87. The minimum absolute atomic E-state index is 0.141. The third-order valence-corrected chi connectivity index (χ3v) is 2.09. The summed E-state index contributed by atoms with van der Waals surface area (Å²) in [6.07, 6.45) is 1.04. The first-order chi connectivity index (χ1) is 7.72. The molecule has 0 radical (unpaired) electrons. The van der Waals surface area contributed by atoms with Gasteiger partial charge in [0.1, 0.15) is 5.82 Å². The van der Waals surface area contributed by atoms with Crippen molar-refractivity contribution in [2.75, 3.05) is 6.54 Å². The van der Waals surface area contributed by atoms with Gasteiger partial charge in [0.2, 0.25) is 5.91 Å². The van der Waals surface area contributed by atoms with E-state index in [2.05, 4.69) is 5.32 Å². The smallest absolute Gasteiger partial charge is 0.221 e. The number of amides is 1. The van der Waals surface area contributed by atoms with Crippen LogP contribution in [0.15, 0.2) is 24.3 Å². The summed E-state index contributed by atoms with van der Waals surface area (Å²) in [6, 6.07) is 8.18. The van der Waals surface area contributed by atoms with Crippen molar-refractivity contribution < 1.29 is 9.18 Å². The molecule has 0 aliphatic rings. The molecule has 16 heavy (non-hydrogen) atoms. The number of benzene rings is 1. The zero-order chi connectivity index (χ0) is 11.8. The van der Waals surface area contributed by atoms with Crippen molar-refractivity contribution in [1.29, 1.82) is 5.26 Å². The van der Waals surface area contributed by atoms with E-state index >= 15 is 0 Å². The van der Waals surface area contributed by atoms with Crippen LogP contribution in [-0.4, -0.2) is 12.5 Å². The van der Waals surface area contributed by atoms with Gasteiger partial charge in [-0.15, -0.1) is 0 Å². The molecule has 0 atom stereocenters. The number of carbonyl (C=O) groups is 1. The third kappa shape index (κ3) is 4.56. The molecule has 0 unspecified atom stereocenters. The van der Waals surface area contributed by atoms with E-state index in [-0.39, 0.29) is 24.6 Å². The van der Waals surface area contributed by atoms with E-state index in [0.29, 0.717) is 13.0 Å². The van der Waals surface area contributed by atoms with Gasteiger partial charge >= 0.3 is 0 Å². The second-order valence-electron chi connectivity index (χ2n) is 3.39. The highest BCUT2D eigenvalue weighted by molar-refractivity contribution is 5.76. The topological polar surface area (TPSA) is 52.9 Å². The van der Waals surface area contributed by atoms with Gasteiger partial charge in [0.05, 0.1) is 6.07 Å².